The first-order valence-corrected chi connectivity index (χ1v) is 12.9. The van der Waals surface area contributed by atoms with Gasteiger partial charge in [0.15, 0.2) is 0 Å². The van der Waals surface area contributed by atoms with Crippen molar-refractivity contribution in [2.75, 3.05) is 26.3 Å². The number of hydrogen-bond acceptors (Lipinski definition) is 5. The normalized spacial score (nSPS) is 27.7. The van der Waals surface area contributed by atoms with Crippen molar-refractivity contribution in [3.05, 3.63) is 0 Å². The van der Waals surface area contributed by atoms with Crippen molar-refractivity contribution in [2.45, 2.75) is 70.6 Å². The summed E-state index contributed by atoms with van der Waals surface area (Å²) >= 11 is 0. The van der Waals surface area contributed by atoms with Crippen LogP contribution in [0.4, 0.5) is 9.59 Å². The molecule has 3 atom stereocenters. The van der Waals surface area contributed by atoms with Gasteiger partial charge in [-0.2, -0.15) is 0 Å². The fraction of sp³-hybridized carbons (Fsp3) is 0.889. The molecular formula is C18H34N2O5Si. The van der Waals surface area contributed by atoms with E-state index in [1.54, 1.807) is 20.8 Å². The van der Waals surface area contributed by atoms with Crippen LogP contribution >= 0.6 is 0 Å². The predicted molar refractivity (Wildman–Crippen MR) is 102 cm³/mol. The molecule has 2 aliphatic rings. The molecular weight excluding hydrogens is 352 g/mol. The summed E-state index contributed by atoms with van der Waals surface area (Å²) in [6.07, 6.45) is -0.601. The zero-order chi connectivity index (χ0) is 21.5. The van der Waals surface area contributed by atoms with E-state index in [2.05, 4.69) is 19.6 Å². The van der Waals surface area contributed by atoms with Crippen LogP contribution in [0.5, 0.6) is 0 Å². The number of aliphatic hydroxyl groups is 1. The largest absolute Gasteiger partial charge is 0.450 e. The van der Waals surface area contributed by atoms with Crippen molar-refractivity contribution in [1.29, 1.82) is 0 Å². The van der Waals surface area contributed by atoms with Gasteiger partial charge in [-0.25, -0.2) is 9.59 Å². The Hall–Kier alpha value is -1.28. The molecule has 0 aromatic rings. The molecule has 7 nitrogen and oxygen atoms in total. The molecule has 8 heteroatoms. The summed E-state index contributed by atoms with van der Waals surface area (Å²) in [5.41, 5.74) is -0.740. The Morgan fingerprint density at radius 3 is 2.42 bits per heavy atom. The molecule has 0 spiro atoms. The molecule has 0 saturated carbocycles. The minimum absolute atomic E-state index is 0.242. The van der Waals surface area contributed by atoms with Crippen molar-refractivity contribution >= 4 is 20.3 Å². The standard InChI is InChI=1S/C18H34N2O5Si/c1-18(2,3)25-17(23)20-14-9-13(15(20)12-21)10-19(11-14)16(22)24-7-8-26(4,5)6/h13-15,21H,7-12H2,1-6H3/t13-,14+,15-/m0/s1/i12D2. The molecule has 2 fully saturated rings. The second-order valence-electron chi connectivity index (χ2n) is 9.44. The number of nitrogens with zero attached hydrogens (tertiary/aromatic N) is 2. The third-order valence-electron chi connectivity index (χ3n) is 4.67. The summed E-state index contributed by atoms with van der Waals surface area (Å²) < 4.78 is 26.5. The first-order chi connectivity index (χ1) is 12.6. The monoisotopic (exact) mass is 388 g/mol. The van der Waals surface area contributed by atoms with Gasteiger partial charge in [-0.1, -0.05) is 19.6 Å². The number of amides is 2. The lowest BCUT2D eigenvalue weighted by molar-refractivity contribution is 0.00777. The zero-order valence-corrected chi connectivity index (χ0v) is 17.7. The number of hydrogen-bond donors (Lipinski definition) is 1. The lowest BCUT2D eigenvalue weighted by Crippen LogP contribution is -2.48. The van der Waals surface area contributed by atoms with E-state index in [0.29, 0.717) is 13.0 Å². The number of piperidine rings is 1. The van der Waals surface area contributed by atoms with Crippen molar-refractivity contribution < 1.29 is 26.9 Å². The molecule has 26 heavy (non-hydrogen) atoms. The summed E-state index contributed by atoms with van der Waals surface area (Å²) in [4.78, 5) is 28.0. The molecule has 2 rings (SSSR count). The van der Waals surface area contributed by atoms with E-state index in [1.807, 2.05) is 0 Å². The maximum Gasteiger partial charge on any atom is 0.410 e. The van der Waals surface area contributed by atoms with Gasteiger partial charge in [0.1, 0.15) is 5.60 Å². The van der Waals surface area contributed by atoms with Crippen molar-refractivity contribution in [2.24, 2.45) is 5.92 Å². The van der Waals surface area contributed by atoms with Crippen LogP contribution < -0.4 is 0 Å². The van der Waals surface area contributed by atoms with Gasteiger partial charge in [0, 0.05) is 27.1 Å². The first-order valence-electron chi connectivity index (χ1n) is 10.2. The molecule has 0 unspecified atom stereocenters. The first kappa shape index (κ1) is 18.1. The van der Waals surface area contributed by atoms with Gasteiger partial charge in [-0.3, -0.25) is 4.90 Å². The molecule has 2 bridgehead atoms. The van der Waals surface area contributed by atoms with Gasteiger partial charge < -0.3 is 19.5 Å². The van der Waals surface area contributed by atoms with E-state index in [4.69, 9.17) is 12.2 Å². The van der Waals surface area contributed by atoms with Gasteiger partial charge in [0.05, 0.1) is 28.0 Å². The minimum atomic E-state index is -2.59. The van der Waals surface area contributed by atoms with Gasteiger partial charge in [-0.05, 0) is 33.2 Å². The molecule has 2 amide bonds. The number of carbonyl (C=O) groups excluding carboxylic acids is 2. The van der Waals surface area contributed by atoms with E-state index >= 15 is 0 Å². The van der Waals surface area contributed by atoms with Gasteiger partial charge in [0.25, 0.3) is 0 Å². The smallest absolute Gasteiger partial charge is 0.410 e. The maximum absolute atomic E-state index is 12.7. The average Bonchev–Trinajstić information content (AvgIpc) is 2.74. The van der Waals surface area contributed by atoms with Crippen molar-refractivity contribution in [3.8, 4) is 0 Å². The summed E-state index contributed by atoms with van der Waals surface area (Å²) in [7, 11) is -1.32. The van der Waals surface area contributed by atoms with E-state index in [1.165, 1.54) is 9.80 Å². The van der Waals surface area contributed by atoms with E-state index < -0.39 is 44.5 Å². The van der Waals surface area contributed by atoms with Gasteiger partial charge in [-0.15, -0.1) is 0 Å². The van der Waals surface area contributed by atoms with Crippen LogP contribution in [0.15, 0.2) is 0 Å². The lowest BCUT2D eigenvalue weighted by Gasteiger charge is -2.33. The zero-order valence-electron chi connectivity index (χ0n) is 18.7. The fourth-order valence-corrected chi connectivity index (χ4v) is 4.14. The second kappa shape index (κ2) is 7.76. The van der Waals surface area contributed by atoms with E-state index in [-0.39, 0.29) is 19.0 Å². The summed E-state index contributed by atoms with van der Waals surface area (Å²) in [5.74, 6) is -0.379. The number of carbonyl (C=O) groups is 2. The van der Waals surface area contributed by atoms with Crippen LogP contribution in [-0.2, 0) is 9.47 Å². The molecule has 0 radical (unpaired) electrons. The Kier molecular flexibility index (Phi) is 5.40. The van der Waals surface area contributed by atoms with Crippen LogP contribution in [0.3, 0.4) is 0 Å². The number of likely N-dealkylation sites (tertiary alicyclic amines) is 2. The van der Waals surface area contributed by atoms with Crippen LogP contribution in [0.1, 0.15) is 29.9 Å². The molecule has 150 valence electrons. The Bertz CT molecular complexity index is 600. The van der Waals surface area contributed by atoms with Crippen LogP contribution in [0.25, 0.3) is 0 Å². The molecule has 0 aliphatic carbocycles. The highest BCUT2D eigenvalue weighted by molar-refractivity contribution is 6.76. The number of rotatable bonds is 4. The average molecular weight is 389 g/mol. The molecule has 2 aliphatic heterocycles. The number of ether oxygens (including phenoxy) is 2. The Morgan fingerprint density at radius 2 is 1.88 bits per heavy atom. The Balaban J connectivity index is 2.12. The van der Waals surface area contributed by atoms with E-state index in [0.717, 1.165) is 6.04 Å². The highest BCUT2D eigenvalue weighted by atomic mass is 28.3. The van der Waals surface area contributed by atoms with Crippen molar-refractivity contribution in [1.82, 2.24) is 9.80 Å². The van der Waals surface area contributed by atoms with Crippen LogP contribution in [-0.4, -0.2) is 79.1 Å². The van der Waals surface area contributed by atoms with Crippen LogP contribution in [0.2, 0.25) is 25.7 Å². The summed E-state index contributed by atoms with van der Waals surface area (Å²) in [6.45, 7) is 10.1. The minimum Gasteiger partial charge on any atom is -0.450 e. The lowest BCUT2D eigenvalue weighted by atomic mass is 9.95. The highest BCUT2D eigenvalue weighted by Gasteiger charge is 2.50. The molecule has 2 saturated heterocycles. The molecule has 1 N–H and O–H groups in total. The molecule has 2 heterocycles. The quantitative estimate of drug-likeness (QED) is 0.749. The second-order valence-corrected chi connectivity index (χ2v) is 15.1. The van der Waals surface area contributed by atoms with Gasteiger partial charge >= 0.3 is 12.2 Å². The fourth-order valence-electron chi connectivity index (χ4n) is 3.42. The predicted octanol–water partition coefficient (Wildman–Crippen LogP) is 2.76. The molecule has 0 aromatic heterocycles. The topological polar surface area (TPSA) is 79.3 Å². The van der Waals surface area contributed by atoms with E-state index in [9.17, 15) is 14.7 Å². The molecule has 0 aromatic carbocycles. The third kappa shape index (κ3) is 5.36. The summed E-state index contributed by atoms with van der Waals surface area (Å²) in [5, 5.41) is 10.1. The summed E-state index contributed by atoms with van der Waals surface area (Å²) in [6, 6.07) is -0.608. The third-order valence-corrected chi connectivity index (χ3v) is 6.38. The highest BCUT2D eigenvalue weighted by Crippen LogP contribution is 2.36. The van der Waals surface area contributed by atoms with Gasteiger partial charge in [0.2, 0.25) is 0 Å². The SMILES string of the molecule is [2H]C([2H])(O)[C@H]1[C@H]2C[C@H](CN(C(=O)OCC[Si](C)(C)C)C2)N1C(=O)OC(C)(C)C. The Morgan fingerprint density at radius 1 is 1.23 bits per heavy atom. The number of fused-ring (bicyclic) bond motifs is 2. The van der Waals surface area contributed by atoms with Crippen molar-refractivity contribution in [3.63, 3.8) is 0 Å². The Labute approximate surface area is 160 Å². The maximum atomic E-state index is 12.7. The van der Waals surface area contributed by atoms with Crippen LogP contribution in [0, 0.1) is 5.92 Å².